The van der Waals surface area contributed by atoms with Gasteiger partial charge in [-0.25, -0.2) is 0 Å². The van der Waals surface area contributed by atoms with Crippen molar-refractivity contribution < 1.29 is 4.79 Å². The molecule has 0 saturated carbocycles. The average molecular weight is 289 g/mol. The lowest BCUT2D eigenvalue weighted by atomic mass is 10.0. The van der Waals surface area contributed by atoms with Crippen LogP contribution in [-0.4, -0.2) is 13.0 Å². The van der Waals surface area contributed by atoms with E-state index in [1.54, 1.807) is 4.90 Å². The van der Waals surface area contributed by atoms with Gasteiger partial charge in [-0.3, -0.25) is 4.79 Å². The van der Waals surface area contributed by atoms with Crippen molar-refractivity contribution in [3.8, 4) is 0 Å². The van der Waals surface area contributed by atoms with Crippen molar-refractivity contribution in [1.29, 1.82) is 0 Å². The molecule has 3 rings (SSSR count). The van der Waals surface area contributed by atoms with Crippen LogP contribution in [0.25, 0.3) is 0 Å². The summed E-state index contributed by atoms with van der Waals surface area (Å²) in [5, 5.41) is 3.47. The maximum Gasteiger partial charge on any atom is 0.229 e. The second-order valence-electron chi connectivity index (χ2n) is 4.78. The van der Waals surface area contributed by atoms with E-state index in [1.165, 1.54) is 0 Å². The molecule has 0 aromatic heterocycles. The summed E-state index contributed by atoms with van der Waals surface area (Å²) >= 11 is 0. The van der Waals surface area contributed by atoms with Crippen molar-refractivity contribution in [3.63, 3.8) is 0 Å². The van der Waals surface area contributed by atoms with E-state index in [-0.39, 0.29) is 24.4 Å². The molecule has 0 saturated heterocycles. The molecule has 0 spiro atoms. The van der Waals surface area contributed by atoms with Gasteiger partial charge in [0.05, 0.1) is 23.8 Å². The third kappa shape index (κ3) is 2.63. The number of anilines is 2. The molecule has 3 nitrogen and oxygen atoms in total. The molecular weight excluding hydrogens is 272 g/mol. The third-order valence-corrected chi connectivity index (χ3v) is 3.55. The Morgan fingerprint density at radius 1 is 1.05 bits per heavy atom. The highest BCUT2D eigenvalue weighted by Gasteiger charge is 2.25. The van der Waals surface area contributed by atoms with Gasteiger partial charge < -0.3 is 10.2 Å². The second kappa shape index (κ2) is 5.97. The molecule has 1 heterocycles. The van der Waals surface area contributed by atoms with Gasteiger partial charge in [0.25, 0.3) is 0 Å². The Morgan fingerprint density at radius 2 is 1.70 bits per heavy atom. The van der Waals surface area contributed by atoms with Gasteiger partial charge in [0.2, 0.25) is 5.91 Å². The van der Waals surface area contributed by atoms with E-state index in [4.69, 9.17) is 0 Å². The fraction of sp³-hybridized carbons (Fsp3) is 0.188. The van der Waals surface area contributed by atoms with Crippen LogP contribution in [0.15, 0.2) is 54.6 Å². The number of fused-ring (bicyclic) bond motifs is 1. The van der Waals surface area contributed by atoms with Gasteiger partial charge in [0, 0.05) is 7.05 Å². The van der Waals surface area contributed by atoms with Gasteiger partial charge >= 0.3 is 0 Å². The standard InChI is InChI=1S/C16H16N2O.ClH/c1-18-15-10-6-5-9-13(15)17-14(11-16(18)19)12-7-3-2-4-8-12;/h2-10,14,17H,11H2,1H3;1H. The van der Waals surface area contributed by atoms with Crippen LogP contribution in [0.2, 0.25) is 0 Å². The summed E-state index contributed by atoms with van der Waals surface area (Å²) in [6.45, 7) is 0. The third-order valence-electron chi connectivity index (χ3n) is 3.55. The van der Waals surface area contributed by atoms with Crippen molar-refractivity contribution in [2.45, 2.75) is 12.5 Å². The zero-order chi connectivity index (χ0) is 13.2. The Bertz CT molecular complexity index is 600. The van der Waals surface area contributed by atoms with Crippen LogP contribution in [0.3, 0.4) is 0 Å². The molecule has 0 bridgehead atoms. The van der Waals surface area contributed by atoms with Crippen LogP contribution < -0.4 is 10.2 Å². The van der Waals surface area contributed by atoms with E-state index in [1.807, 2.05) is 49.5 Å². The summed E-state index contributed by atoms with van der Waals surface area (Å²) in [6.07, 6.45) is 0.467. The molecule has 2 aromatic carbocycles. The predicted molar refractivity (Wildman–Crippen MR) is 84.5 cm³/mol. The highest BCUT2D eigenvalue weighted by Crippen LogP contribution is 2.34. The van der Waals surface area contributed by atoms with Gasteiger partial charge in [0.1, 0.15) is 0 Å². The summed E-state index contributed by atoms with van der Waals surface area (Å²) in [4.78, 5) is 14.0. The number of nitrogens with zero attached hydrogens (tertiary/aromatic N) is 1. The zero-order valence-electron chi connectivity index (χ0n) is 11.2. The Kier molecular flexibility index (Phi) is 4.30. The molecule has 0 aliphatic carbocycles. The molecule has 1 aliphatic heterocycles. The first-order chi connectivity index (χ1) is 9.25. The lowest BCUT2D eigenvalue weighted by molar-refractivity contribution is -0.118. The van der Waals surface area contributed by atoms with Crippen LogP contribution >= 0.6 is 12.4 Å². The lowest BCUT2D eigenvalue weighted by Gasteiger charge is -2.17. The molecule has 4 heteroatoms. The molecule has 1 amide bonds. The normalized spacial score (nSPS) is 17.6. The molecule has 20 heavy (non-hydrogen) atoms. The maximum absolute atomic E-state index is 12.2. The number of hydrogen-bond acceptors (Lipinski definition) is 2. The minimum Gasteiger partial charge on any atom is -0.376 e. The van der Waals surface area contributed by atoms with E-state index in [0.717, 1.165) is 16.9 Å². The first kappa shape index (κ1) is 14.4. The Morgan fingerprint density at radius 3 is 2.45 bits per heavy atom. The molecule has 104 valence electrons. The fourth-order valence-corrected chi connectivity index (χ4v) is 2.46. The van der Waals surface area contributed by atoms with E-state index in [0.29, 0.717) is 6.42 Å². The highest BCUT2D eigenvalue weighted by molar-refractivity contribution is 5.98. The number of rotatable bonds is 1. The number of benzene rings is 2. The molecule has 1 aliphatic rings. The minimum absolute atomic E-state index is 0. The van der Waals surface area contributed by atoms with Gasteiger partial charge in [-0.2, -0.15) is 0 Å². The average Bonchev–Trinajstić information content (AvgIpc) is 2.58. The van der Waals surface area contributed by atoms with E-state index >= 15 is 0 Å². The predicted octanol–water partition coefficient (Wildman–Crippen LogP) is 3.63. The number of carbonyl (C=O) groups excluding carboxylic acids is 1. The Labute approximate surface area is 125 Å². The highest BCUT2D eigenvalue weighted by atomic mass is 35.5. The van der Waals surface area contributed by atoms with Crippen molar-refractivity contribution in [3.05, 3.63) is 60.2 Å². The summed E-state index contributed by atoms with van der Waals surface area (Å²) in [6, 6.07) is 18.0. The lowest BCUT2D eigenvalue weighted by Crippen LogP contribution is -2.26. The van der Waals surface area contributed by atoms with Gasteiger partial charge in [-0.1, -0.05) is 42.5 Å². The van der Waals surface area contributed by atoms with Gasteiger partial charge in [-0.05, 0) is 17.7 Å². The van der Waals surface area contributed by atoms with Crippen molar-refractivity contribution >= 4 is 29.7 Å². The van der Waals surface area contributed by atoms with Crippen LogP contribution in [0.5, 0.6) is 0 Å². The van der Waals surface area contributed by atoms with Crippen molar-refractivity contribution in [2.24, 2.45) is 0 Å². The number of nitrogens with one attached hydrogen (secondary N) is 1. The molecular formula is C16H17ClN2O. The van der Waals surface area contributed by atoms with Gasteiger partial charge in [-0.15, -0.1) is 12.4 Å². The number of hydrogen-bond donors (Lipinski definition) is 1. The van der Waals surface area contributed by atoms with Gasteiger partial charge in [0.15, 0.2) is 0 Å². The molecule has 1 atom stereocenters. The van der Waals surface area contributed by atoms with Crippen LogP contribution in [-0.2, 0) is 4.79 Å². The van der Waals surface area contributed by atoms with Crippen molar-refractivity contribution in [2.75, 3.05) is 17.3 Å². The summed E-state index contributed by atoms with van der Waals surface area (Å²) in [5.41, 5.74) is 3.08. The number of carbonyl (C=O) groups is 1. The summed E-state index contributed by atoms with van der Waals surface area (Å²) in [7, 11) is 1.83. The van der Waals surface area contributed by atoms with E-state index in [2.05, 4.69) is 17.4 Å². The first-order valence-electron chi connectivity index (χ1n) is 6.43. The monoisotopic (exact) mass is 288 g/mol. The number of halogens is 1. The Balaban J connectivity index is 0.00000147. The fourth-order valence-electron chi connectivity index (χ4n) is 2.46. The minimum atomic E-state index is 0. The molecule has 2 aromatic rings. The van der Waals surface area contributed by atoms with E-state index in [9.17, 15) is 4.79 Å². The van der Waals surface area contributed by atoms with Crippen LogP contribution in [0.1, 0.15) is 18.0 Å². The number of amides is 1. The first-order valence-corrected chi connectivity index (χ1v) is 6.43. The van der Waals surface area contributed by atoms with Crippen LogP contribution in [0, 0.1) is 0 Å². The summed E-state index contributed by atoms with van der Waals surface area (Å²) < 4.78 is 0. The Hall–Kier alpha value is -2.00. The smallest absolute Gasteiger partial charge is 0.229 e. The SMILES string of the molecule is CN1C(=O)CC(c2ccccc2)Nc2ccccc21.Cl. The zero-order valence-corrected chi connectivity index (χ0v) is 12.1. The van der Waals surface area contributed by atoms with Crippen LogP contribution in [0.4, 0.5) is 11.4 Å². The van der Waals surface area contributed by atoms with Crippen molar-refractivity contribution in [1.82, 2.24) is 0 Å². The topological polar surface area (TPSA) is 32.3 Å². The molecule has 0 radical (unpaired) electrons. The van der Waals surface area contributed by atoms with E-state index < -0.39 is 0 Å². The molecule has 1 N–H and O–H groups in total. The molecule has 1 unspecified atom stereocenters. The maximum atomic E-state index is 12.2. The summed E-state index contributed by atoms with van der Waals surface area (Å²) in [5.74, 6) is 0.131. The quantitative estimate of drug-likeness (QED) is 0.869. The largest absolute Gasteiger partial charge is 0.376 e. The molecule has 0 fully saturated rings. The second-order valence-corrected chi connectivity index (χ2v) is 4.78. The number of para-hydroxylation sites is 2.